The van der Waals surface area contributed by atoms with Crippen LogP contribution in [0.3, 0.4) is 0 Å². The van der Waals surface area contributed by atoms with E-state index in [0.717, 1.165) is 5.56 Å². The third kappa shape index (κ3) is 5.28. The Bertz CT molecular complexity index is 1560. The third-order valence-electron chi connectivity index (χ3n) is 5.14. The average Bonchev–Trinajstić information content (AvgIpc) is 2.87. The highest BCUT2D eigenvalue weighted by Gasteiger charge is 2.18. The fourth-order valence-corrected chi connectivity index (χ4v) is 4.11. The van der Waals surface area contributed by atoms with E-state index in [9.17, 15) is 13.2 Å². The smallest absolute Gasteiger partial charge is 0.276 e. The number of benzene rings is 3. The first-order valence-corrected chi connectivity index (χ1v) is 12.0. The van der Waals surface area contributed by atoms with Crippen LogP contribution in [-0.2, 0) is 10.0 Å². The van der Waals surface area contributed by atoms with Crippen molar-refractivity contribution < 1.29 is 27.1 Å². The van der Waals surface area contributed by atoms with Gasteiger partial charge in [-0.15, -0.1) is 5.10 Å². The van der Waals surface area contributed by atoms with Crippen LogP contribution in [0.25, 0.3) is 11.0 Å². The summed E-state index contributed by atoms with van der Waals surface area (Å²) in [5.74, 6) is 0.110. The highest BCUT2D eigenvalue weighted by molar-refractivity contribution is 7.89. The molecule has 0 saturated heterocycles. The lowest BCUT2D eigenvalue weighted by Crippen LogP contribution is -2.27. The minimum absolute atomic E-state index is 0.0549. The molecule has 4 aromatic rings. The van der Waals surface area contributed by atoms with Gasteiger partial charge >= 0.3 is 0 Å². The summed E-state index contributed by atoms with van der Waals surface area (Å²) in [6.45, 7) is 1.94. The number of rotatable bonds is 7. The lowest BCUT2D eigenvalue weighted by Gasteiger charge is -2.10. The van der Waals surface area contributed by atoms with E-state index >= 15 is 0 Å². The molecule has 0 aliphatic rings. The van der Waals surface area contributed by atoms with Crippen LogP contribution in [0.1, 0.15) is 15.9 Å². The molecule has 1 aromatic heterocycles. The number of nitrogens with zero attached hydrogens (tertiary/aromatic N) is 1. The SMILES string of the molecule is COc1ccc(S(=O)(=O)NN=c2oc3ccccc3cc2C(=O)Nc2ccc(C)cc2)cc1OC. The van der Waals surface area contributed by atoms with Crippen molar-refractivity contribution in [2.45, 2.75) is 11.8 Å². The van der Waals surface area contributed by atoms with Crippen LogP contribution in [0.15, 0.2) is 87.2 Å². The number of hydrogen-bond donors (Lipinski definition) is 2. The van der Waals surface area contributed by atoms with Crippen molar-refractivity contribution in [2.24, 2.45) is 5.10 Å². The van der Waals surface area contributed by atoms with Gasteiger partial charge in [-0.1, -0.05) is 35.9 Å². The number of fused-ring (bicyclic) bond motifs is 1. The number of nitrogens with one attached hydrogen (secondary N) is 2. The molecular formula is C25H23N3O6S. The third-order valence-corrected chi connectivity index (χ3v) is 6.35. The summed E-state index contributed by atoms with van der Waals surface area (Å²) < 4.78 is 41.9. The Morgan fingerprint density at radius 3 is 2.34 bits per heavy atom. The van der Waals surface area contributed by atoms with Crippen molar-refractivity contribution in [2.75, 3.05) is 19.5 Å². The van der Waals surface area contributed by atoms with Crippen LogP contribution in [0.4, 0.5) is 5.69 Å². The van der Waals surface area contributed by atoms with Crippen LogP contribution in [-0.4, -0.2) is 28.5 Å². The Morgan fingerprint density at radius 2 is 1.63 bits per heavy atom. The molecule has 0 saturated carbocycles. The Kier molecular flexibility index (Phi) is 6.74. The van der Waals surface area contributed by atoms with Gasteiger partial charge in [-0.2, -0.15) is 13.2 Å². The summed E-state index contributed by atoms with van der Waals surface area (Å²) in [5.41, 5.74) is 1.91. The molecule has 1 amide bonds. The van der Waals surface area contributed by atoms with E-state index < -0.39 is 15.9 Å². The summed E-state index contributed by atoms with van der Waals surface area (Å²) in [6.07, 6.45) is 0. The van der Waals surface area contributed by atoms with Gasteiger partial charge in [-0.05, 0) is 43.3 Å². The molecule has 2 N–H and O–H groups in total. The van der Waals surface area contributed by atoms with Crippen LogP contribution in [0.5, 0.6) is 11.5 Å². The highest BCUT2D eigenvalue weighted by atomic mass is 32.2. The van der Waals surface area contributed by atoms with Crippen molar-refractivity contribution in [3.8, 4) is 11.5 Å². The number of carbonyl (C=O) groups excluding carboxylic acids is 1. The molecule has 0 unspecified atom stereocenters. The topological polar surface area (TPSA) is 119 Å². The van der Waals surface area contributed by atoms with Gasteiger partial charge in [-0.3, -0.25) is 4.79 Å². The maximum absolute atomic E-state index is 13.1. The molecular weight excluding hydrogens is 470 g/mol. The Balaban J connectivity index is 1.73. The number of aryl methyl sites for hydroxylation is 1. The summed E-state index contributed by atoms with van der Waals surface area (Å²) in [7, 11) is -1.27. The van der Waals surface area contributed by atoms with Crippen LogP contribution in [0.2, 0.25) is 0 Å². The van der Waals surface area contributed by atoms with E-state index in [4.69, 9.17) is 13.9 Å². The predicted molar refractivity (Wildman–Crippen MR) is 131 cm³/mol. The second-order valence-electron chi connectivity index (χ2n) is 7.55. The van der Waals surface area contributed by atoms with E-state index in [-0.39, 0.29) is 21.8 Å². The molecule has 0 aliphatic heterocycles. The van der Waals surface area contributed by atoms with Gasteiger partial charge in [0.1, 0.15) is 11.1 Å². The van der Waals surface area contributed by atoms with Crippen molar-refractivity contribution in [1.82, 2.24) is 4.83 Å². The van der Waals surface area contributed by atoms with E-state index in [1.807, 2.05) is 19.1 Å². The minimum Gasteiger partial charge on any atom is -0.493 e. The Hall–Kier alpha value is -4.31. The van der Waals surface area contributed by atoms with Crippen molar-refractivity contribution in [1.29, 1.82) is 0 Å². The average molecular weight is 494 g/mol. The molecule has 9 nitrogen and oxygen atoms in total. The van der Waals surface area contributed by atoms with Gasteiger partial charge in [0, 0.05) is 17.1 Å². The number of hydrogen-bond acceptors (Lipinski definition) is 7. The number of methoxy groups -OCH3 is 2. The first-order valence-electron chi connectivity index (χ1n) is 10.5. The summed E-state index contributed by atoms with van der Waals surface area (Å²) in [4.78, 5) is 15.1. The molecule has 0 atom stereocenters. The van der Waals surface area contributed by atoms with Crippen molar-refractivity contribution >= 4 is 32.6 Å². The number of ether oxygens (including phenoxy) is 2. The van der Waals surface area contributed by atoms with Gasteiger partial charge < -0.3 is 19.2 Å². The summed E-state index contributed by atoms with van der Waals surface area (Å²) >= 11 is 0. The van der Waals surface area contributed by atoms with Gasteiger partial charge in [-0.25, -0.2) is 0 Å². The zero-order chi connectivity index (χ0) is 25.0. The molecule has 180 valence electrons. The number of carbonyl (C=O) groups is 1. The number of sulfonamides is 1. The fraction of sp³-hybridized carbons (Fsp3) is 0.120. The van der Waals surface area contributed by atoms with E-state index in [0.29, 0.717) is 22.4 Å². The molecule has 0 spiro atoms. The minimum atomic E-state index is -4.12. The predicted octanol–water partition coefficient (Wildman–Crippen LogP) is 3.80. The van der Waals surface area contributed by atoms with E-state index in [1.54, 1.807) is 42.5 Å². The maximum Gasteiger partial charge on any atom is 0.276 e. The number of amides is 1. The van der Waals surface area contributed by atoms with E-state index in [2.05, 4.69) is 15.2 Å². The summed E-state index contributed by atoms with van der Waals surface area (Å²) in [5, 5.41) is 7.38. The molecule has 0 aliphatic carbocycles. The lowest BCUT2D eigenvalue weighted by molar-refractivity contribution is 0.102. The Labute approximate surface area is 202 Å². The molecule has 1 heterocycles. The first kappa shape index (κ1) is 23.8. The largest absolute Gasteiger partial charge is 0.493 e. The molecule has 10 heteroatoms. The van der Waals surface area contributed by atoms with Crippen molar-refractivity contribution in [3.63, 3.8) is 0 Å². The van der Waals surface area contributed by atoms with Crippen LogP contribution < -0.4 is 25.2 Å². The number of anilines is 1. The second-order valence-corrected chi connectivity index (χ2v) is 9.21. The standard InChI is InChI=1S/C25H23N3O6S/c1-16-8-10-18(11-9-16)26-24(29)20-14-17-6-4-5-7-21(17)34-25(20)27-28-35(30,31)19-12-13-22(32-2)23(15-19)33-3/h4-15,28H,1-3H3,(H,26,29). The molecule has 0 fully saturated rings. The monoisotopic (exact) mass is 493 g/mol. The molecule has 3 aromatic carbocycles. The van der Waals surface area contributed by atoms with Crippen LogP contribution >= 0.6 is 0 Å². The fourth-order valence-electron chi connectivity index (χ4n) is 3.29. The lowest BCUT2D eigenvalue weighted by atomic mass is 10.1. The zero-order valence-corrected chi connectivity index (χ0v) is 20.0. The second kappa shape index (κ2) is 9.90. The van der Waals surface area contributed by atoms with Gasteiger partial charge in [0.15, 0.2) is 11.5 Å². The normalized spacial score (nSPS) is 11.8. The van der Waals surface area contributed by atoms with Crippen LogP contribution in [0, 0.1) is 6.92 Å². The number of para-hydroxylation sites is 1. The van der Waals surface area contributed by atoms with Gasteiger partial charge in [0.2, 0.25) is 5.55 Å². The maximum atomic E-state index is 13.1. The summed E-state index contributed by atoms with van der Waals surface area (Å²) in [6, 6.07) is 20.0. The zero-order valence-electron chi connectivity index (χ0n) is 19.2. The van der Waals surface area contributed by atoms with Gasteiger partial charge in [0.05, 0.1) is 19.1 Å². The van der Waals surface area contributed by atoms with Crippen molar-refractivity contribution in [3.05, 3.63) is 89.5 Å². The first-order chi connectivity index (χ1) is 16.8. The van der Waals surface area contributed by atoms with E-state index in [1.165, 1.54) is 32.4 Å². The quantitative estimate of drug-likeness (QED) is 0.378. The van der Waals surface area contributed by atoms with Gasteiger partial charge in [0.25, 0.3) is 15.9 Å². The molecule has 4 rings (SSSR count). The Morgan fingerprint density at radius 1 is 0.914 bits per heavy atom. The molecule has 0 radical (unpaired) electrons. The molecule has 0 bridgehead atoms. The highest BCUT2D eigenvalue weighted by Crippen LogP contribution is 2.29. The molecule has 35 heavy (non-hydrogen) atoms.